The van der Waals surface area contributed by atoms with Crippen LogP contribution in [-0.4, -0.2) is 33.2 Å². The summed E-state index contributed by atoms with van der Waals surface area (Å²) in [7, 11) is 0. The van der Waals surface area contributed by atoms with Crippen LogP contribution in [0.15, 0.2) is 35.2 Å². The number of hydrogen-bond acceptors (Lipinski definition) is 5. The van der Waals surface area contributed by atoms with Crippen LogP contribution in [0.4, 0.5) is 0 Å². The summed E-state index contributed by atoms with van der Waals surface area (Å²) in [5.41, 5.74) is 1.10. The number of rotatable bonds is 7. The normalized spacial score (nSPS) is 11.9. The molecule has 1 aromatic carbocycles. The van der Waals surface area contributed by atoms with Crippen molar-refractivity contribution in [2.24, 2.45) is 0 Å². The average Bonchev–Trinajstić information content (AvgIpc) is 3.05. The fourth-order valence-corrected chi connectivity index (χ4v) is 1.98. The third kappa shape index (κ3) is 3.91. The Labute approximate surface area is 127 Å². The zero-order valence-corrected chi connectivity index (χ0v) is 12.2. The zero-order valence-electron chi connectivity index (χ0n) is 12.2. The van der Waals surface area contributed by atoms with Crippen molar-refractivity contribution in [1.82, 2.24) is 15.5 Å². The number of carbonyl (C=O) groups excluding carboxylic acids is 1. The molecule has 0 spiro atoms. The van der Waals surface area contributed by atoms with E-state index >= 15 is 0 Å². The smallest absolute Gasteiger partial charge is 0.326 e. The maximum absolute atomic E-state index is 12.1. The summed E-state index contributed by atoms with van der Waals surface area (Å²) in [6, 6.07) is 5.69. The average molecular weight is 303 g/mol. The van der Waals surface area contributed by atoms with Crippen molar-refractivity contribution in [1.29, 1.82) is 0 Å². The highest BCUT2D eigenvalue weighted by Crippen LogP contribution is 2.15. The molecule has 0 aliphatic heterocycles. The Morgan fingerprint density at radius 2 is 2.05 bits per heavy atom. The van der Waals surface area contributed by atoms with E-state index in [0.29, 0.717) is 23.4 Å². The van der Waals surface area contributed by atoms with Crippen molar-refractivity contribution in [3.05, 3.63) is 36.2 Å². The summed E-state index contributed by atoms with van der Waals surface area (Å²) in [6.07, 6.45) is 3.26. The third-order valence-electron chi connectivity index (χ3n) is 3.22. The SMILES string of the molecule is CCCCC(NC(=O)c1ccc(-c2ncon2)cc1)C(=O)O. The quantitative estimate of drug-likeness (QED) is 0.811. The number of amides is 1. The predicted octanol–water partition coefficient (Wildman–Crippen LogP) is 2.11. The molecule has 1 unspecified atom stereocenters. The molecule has 1 atom stereocenters. The number of carbonyl (C=O) groups is 2. The molecule has 7 heteroatoms. The van der Waals surface area contributed by atoms with E-state index < -0.39 is 17.9 Å². The highest BCUT2D eigenvalue weighted by atomic mass is 16.5. The molecule has 1 heterocycles. The van der Waals surface area contributed by atoms with Crippen molar-refractivity contribution < 1.29 is 19.2 Å². The number of nitrogens with zero attached hydrogens (tertiary/aromatic N) is 2. The van der Waals surface area contributed by atoms with Crippen molar-refractivity contribution >= 4 is 11.9 Å². The van der Waals surface area contributed by atoms with Gasteiger partial charge >= 0.3 is 5.97 Å². The number of nitrogens with one attached hydrogen (secondary N) is 1. The van der Waals surface area contributed by atoms with Gasteiger partial charge in [-0.25, -0.2) is 4.79 Å². The van der Waals surface area contributed by atoms with Crippen LogP contribution in [0, 0.1) is 0 Å². The van der Waals surface area contributed by atoms with Gasteiger partial charge in [0.15, 0.2) is 0 Å². The third-order valence-corrected chi connectivity index (χ3v) is 3.22. The summed E-state index contributed by atoms with van der Waals surface area (Å²) >= 11 is 0. The van der Waals surface area contributed by atoms with Gasteiger partial charge < -0.3 is 14.9 Å². The highest BCUT2D eigenvalue weighted by molar-refractivity contribution is 5.96. The minimum atomic E-state index is -1.02. The van der Waals surface area contributed by atoms with Gasteiger partial charge in [0, 0.05) is 11.1 Å². The van der Waals surface area contributed by atoms with Gasteiger partial charge in [-0.1, -0.05) is 37.1 Å². The fourth-order valence-electron chi connectivity index (χ4n) is 1.98. The van der Waals surface area contributed by atoms with Gasteiger partial charge in [-0.05, 0) is 18.6 Å². The Hall–Kier alpha value is -2.70. The molecule has 0 radical (unpaired) electrons. The predicted molar refractivity (Wildman–Crippen MR) is 78.1 cm³/mol. The summed E-state index contributed by atoms with van der Waals surface area (Å²) in [4.78, 5) is 27.1. The van der Waals surface area contributed by atoms with Crippen LogP contribution in [0.25, 0.3) is 11.4 Å². The number of hydrogen-bond donors (Lipinski definition) is 2. The molecule has 0 aliphatic rings. The van der Waals surface area contributed by atoms with Crippen molar-refractivity contribution in [3.63, 3.8) is 0 Å². The number of aliphatic carboxylic acids is 1. The summed E-state index contributed by atoms with van der Waals surface area (Å²) < 4.78 is 4.66. The lowest BCUT2D eigenvalue weighted by molar-refractivity contribution is -0.139. The Morgan fingerprint density at radius 1 is 1.32 bits per heavy atom. The molecule has 0 fully saturated rings. The van der Waals surface area contributed by atoms with E-state index in [2.05, 4.69) is 20.0 Å². The molecule has 0 aliphatic carbocycles. The molecule has 2 rings (SSSR count). The monoisotopic (exact) mass is 303 g/mol. The molecule has 0 saturated carbocycles. The molecule has 1 aromatic heterocycles. The lowest BCUT2D eigenvalue weighted by Gasteiger charge is -2.14. The first-order valence-electron chi connectivity index (χ1n) is 7.02. The van der Waals surface area contributed by atoms with Crippen LogP contribution in [-0.2, 0) is 4.79 Å². The number of benzene rings is 1. The van der Waals surface area contributed by atoms with E-state index in [-0.39, 0.29) is 0 Å². The Bertz CT molecular complexity index is 623. The van der Waals surface area contributed by atoms with E-state index in [9.17, 15) is 9.59 Å². The standard InChI is InChI=1S/C15H17N3O4/c1-2-3-4-12(15(20)21)17-14(19)11-7-5-10(6-8-11)13-16-9-22-18-13/h5-9,12H,2-4H2,1H3,(H,17,19)(H,20,21). The first-order chi connectivity index (χ1) is 10.6. The largest absolute Gasteiger partial charge is 0.480 e. The number of carboxylic acids is 1. The first kappa shape index (κ1) is 15.7. The van der Waals surface area contributed by atoms with Gasteiger partial charge in [0.25, 0.3) is 5.91 Å². The van der Waals surface area contributed by atoms with E-state index in [4.69, 9.17) is 5.11 Å². The van der Waals surface area contributed by atoms with Gasteiger partial charge in [-0.15, -0.1) is 0 Å². The van der Waals surface area contributed by atoms with Crippen LogP contribution in [0.2, 0.25) is 0 Å². The van der Waals surface area contributed by atoms with Crippen molar-refractivity contribution in [3.8, 4) is 11.4 Å². The molecule has 7 nitrogen and oxygen atoms in total. The van der Waals surface area contributed by atoms with Gasteiger partial charge in [-0.2, -0.15) is 4.98 Å². The molecule has 1 amide bonds. The molecule has 22 heavy (non-hydrogen) atoms. The van der Waals surface area contributed by atoms with Crippen molar-refractivity contribution in [2.75, 3.05) is 0 Å². The second-order valence-electron chi connectivity index (χ2n) is 4.84. The van der Waals surface area contributed by atoms with E-state index in [0.717, 1.165) is 12.8 Å². The van der Waals surface area contributed by atoms with Crippen molar-refractivity contribution in [2.45, 2.75) is 32.2 Å². The lowest BCUT2D eigenvalue weighted by atomic mass is 10.1. The summed E-state index contributed by atoms with van der Waals surface area (Å²) in [5, 5.41) is 15.4. The minimum Gasteiger partial charge on any atom is -0.480 e. The number of carboxylic acid groups (broad SMARTS) is 1. The van der Waals surface area contributed by atoms with Crippen LogP contribution >= 0.6 is 0 Å². The minimum absolute atomic E-state index is 0.384. The van der Waals surface area contributed by atoms with Crippen LogP contribution in [0.1, 0.15) is 36.5 Å². The van der Waals surface area contributed by atoms with E-state index in [1.165, 1.54) is 6.39 Å². The molecular formula is C15H17N3O4. The van der Waals surface area contributed by atoms with Gasteiger partial charge in [0.2, 0.25) is 12.2 Å². The number of aromatic nitrogens is 2. The number of unbranched alkanes of at least 4 members (excludes halogenated alkanes) is 1. The second kappa shape index (κ2) is 7.35. The Balaban J connectivity index is 2.04. The van der Waals surface area contributed by atoms with E-state index in [1.807, 2.05) is 6.92 Å². The molecule has 0 saturated heterocycles. The summed E-state index contributed by atoms with van der Waals surface area (Å²) in [5.74, 6) is -1.01. The van der Waals surface area contributed by atoms with Crippen LogP contribution in [0.5, 0.6) is 0 Å². The maximum Gasteiger partial charge on any atom is 0.326 e. The molecule has 116 valence electrons. The molecule has 2 aromatic rings. The molecule has 0 bridgehead atoms. The Morgan fingerprint density at radius 3 is 2.59 bits per heavy atom. The van der Waals surface area contributed by atoms with Gasteiger partial charge in [0.05, 0.1) is 0 Å². The van der Waals surface area contributed by atoms with Crippen LogP contribution in [0.3, 0.4) is 0 Å². The maximum atomic E-state index is 12.1. The van der Waals surface area contributed by atoms with Gasteiger partial charge in [-0.3, -0.25) is 4.79 Å². The molecular weight excluding hydrogens is 286 g/mol. The van der Waals surface area contributed by atoms with Gasteiger partial charge in [0.1, 0.15) is 6.04 Å². The lowest BCUT2D eigenvalue weighted by Crippen LogP contribution is -2.40. The molecule has 2 N–H and O–H groups in total. The summed E-state index contributed by atoms with van der Waals surface area (Å²) in [6.45, 7) is 1.97. The van der Waals surface area contributed by atoms with E-state index in [1.54, 1.807) is 24.3 Å². The Kier molecular flexibility index (Phi) is 5.24. The highest BCUT2D eigenvalue weighted by Gasteiger charge is 2.20. The second-order valence-corrected chi connectivity index (χ2v) is 4.84. The zero-order chi connectivity index (χ0) is 15.9. The first-order valence-corrected chi connectivity index (χ1v) is 7.02. The van der Waals surface area contributed by atoms with Crippen LogP contribution < -0.4 is 5.32 Å². The fraction of sp³-hybridized carbons (Fsp3) is 0.333. The topological polar surface area (TPSA) is 105 Å².